The standard InChI is InChI=1S/C25H28N4O2S/c1-17-2-4-20(5-3-17)25(31)29-12-8-22-21(15-29)24(30)27-23(26-22)19-6-10-28(11-7-19)14-18-9-13-32-16-18/h2-5,9,13,16,19H,6-8,10-12,14-15H2,1H3,(H,26,27,30). The Bertz CT molecular complexity index is 1150. The predicted molar refractivity (Wildman–Crippen MR) is 126 cm³/mol. The number of piperidine rings is 1. The van der Waals surface area contributed by atoms with E-state index in [0.29, 0.717) is 36.6 Å². The summed E-state index contributed by atoms with van der Waals surface area (Å²) in [5, 5.41) is 4.33. The van der Waals surface area contributed by atoms with Crippen LogP contribution >= 0.6 is 11.3 Å². The lowest BCUT2D eigenvalue weighted by Gasteiger charge is -2.32. The number of rotatable bonds is 4. The summed E-state index contributed by atoms with van der Waals surface area (Å²) in [5.41, 5.74) is 4.56. The smallest absolute Gasteiger partial charge is 0.256 e. The quantitative estimate of drug-likeness (QED) is 0.661. The van der Waals surface area contributed by atoms with Crippen LogP contribution in [0.5, 0.6) is 0 Å². The summed E-state index contributed by atoms with van der Waals surface area (Å²) in [7, 11) is 0. The zero-order valence-electron chi connectivity index (χ0n) is 18.3. The Morgan fingerprint density at radius 3 is 2.66 bits per heavy atom. The molecule has 32 heavy (non-hydrogen) atoms. The molecule has 6 nitrogen and oxygen atoms in total. The third kappa shape index (κ3) is 4.40. The van der Waals surface area contributed by atoms with Crippen LogP contribution in [0.1, 0.15) is 57.3 Å². The van der Waals surface area contributed by atoms with E-state index < -0.39 is 0 Å². The summed E-state index contributed by atoms with van der Waals surface area (Å²) < 4.78 is 0. The van der Waals surface area contributed by atoms with E-state index in [0.717, 1.165) is 49.6 Å². The largest absolute Gasteiger partial charge is 0.334 e. The van der Waals surface area contributed by atoms with E-state index in [1.54, 1.807) is 16.2 Å². The fourth-order valence-corrected chi connectivity index (χ4v) is 5.35. The fraction of sp³-hybridized carbons (Fsp3) is 0.400. The van der Waals surface area contributed by atoms with Crippen LogP contribution in [0.15, 0.2) is 45.9 Å². The molecule has 2 aliphatic heterocycles. The molecule has 1 N–H and O–H groups in total. The van der Waals surface area contributed by atoms with Crippen LogP contribution in [0.3, 0.4) is 0 Å². The van der Waals surface area contributed by atoms with Crippen molar-refractivity contribution < 1.29 is 4.79 Å². The summed E-state index contributed by atoms with van der Waals surface area (Å²) >= 11 is 1.74. The van der Waals surface area contributed by atoms with E-state index in [-0.39, 0.29) is 11.5 Å². The van der Waals surface area contributed by atoms with Gasteiger partial charge in [0.05, 0.1) is 17.8 Å². The Labute approximate surface area is 191 Å². The fourth-order valence-electron chi connectivity index (χ4n) is 4.70. The first-order valence-corrected chi connectivity index (χ1v) is 12.2. The number of aromatic nitrogens is 2. The third-order valence-electron chi connectivity index (χ3n) is 6.63. The number of carbonyl (C=O) groups is 1. The van der Waals surface area contributed by atoms with Crippen LogP contribution < -0.4 is 5.56 Å². The van der Waals surface area contributed by atoms with Gasteiger partial charge in [-0.3, -0.25) is 14.5 Å². The number of carbonyl (C=O) groups excluding carboxylic acids is 1. The maximum atomic E-state index is 12.9. The van der Waals surface area contributed by atoms with Gasteiger partial charge in [-0.05, 0) is 67.4 Å². The maximum absolute atomic E-state index is 12.9. The summed E-state index contributed by atoms with van der Waals surface area (Å²) in [6.45, 7) is 5.94. The number of H-pyrrole nitrogens is 1. The lowest BCUT2D eigenvalue weighted by Crippen LogP contribution is -2.40. The van der Waals surface area contributed by atoms with Crippen LogP contribution in [0, 0.1) is 6.92 Å². The molecule has 0 spiro atoms. The number of benzene rings is 1. The van der Waals surface area contributed by atoms with E-state index in [1.165, 1.54) is 5.56 Å². The number of aryl methyl sites for hydroxylation is 1. The number of hydrogen-bond acceptors (Lipinski definition) is 5. The van der Waals surface area contributed by atoms with Gasteiger partial charge in [-0.1, -0.05) is 17.7 Å². The molecule has 0 atom stereocenters. The highest BCUT2D eigenvalue weighted by atomic mass is 32.1. The second kappa shape index (κ2) is 9.00. The number of likely N-dealkylation sites (tertiary alicyclic amines) is 1. The molecule has 4 heterocycles. The molecule has 2 aliphatic rings. The predicted octanol–water partition coefficient (Wildman–Crippen LogP) is 3.72. The molecule has 0 bridgehead atoms. The number of fused-ring (bicyclic) bond motifs is 1. The number of nitrogens with one attached hydrogen (secondary N) is 1. The number of aromatic amines is 1. The molecular weight excluding hydrogens is 420 g/mol. The molecule has 3 aromatic rings. The Morgan fingerprint density at radius 1 is 1.16 bits per heavy atom. The van der Waals surface area contributed by atoms with Crippen LogP contribution in [0.2, 0.25) is 0 Å². The minimum atomic E-state index is -0.0906. The van der Waals surface area contributed by atoms with Crippen LogP contribution in [-0.2, 0) is 19.5 Å². The highest BCUT2D eigenvalue weighted by Crippen LogP contribution is 2.27. The molecule has 2 aromatic heterocycles. The second-order valence-electron chi connectivity index (χ2n) is 8.90. The summed E-state index contributed by atoms with van der Waals surface area (Å²) in [4.78, 5) is 37.9. The lowest BCUT2D eigenvalue weighted by atomic mass is 9.95. The van der Waals surface area contributed by atoms with Crippen LogP contribution in [-0.4, -0.2) is 45.3 Å². The van der Waals surface area contributed by atoms with Gasteiger partial charge in [-0.25, -0.2) is 4.98 Å². The van der Waals surface area contributed by atoms with Gasteiger partial charge in [-0.2, -0.15) is 11.3 Å². The molecule has 1 aromatic carbocycles. The summed E-state index contributed by atoms with van der Waals surface area (Å²) in [5.74, 6) is 1.08. The summed E-state index contributed by atoms with van der Waals surface area (Å²) in [6.07, 6.45) is 2.63. The van der Waals surface area contributed by atoms with Crippen molar-refractivity contribution in [2.24, 2.45) is 0 Å². The maximum Gasteiger partial charge on any atom is 0.256 e. The molecule has 166 valence electrons. The van der Waals surface area contributed by atoms with Gasteiger partial charge in [0.15, 0.2) is 0 Å². The number of nitrogens with zero attached hydrogens (tertiary/aromatic N) is 3. The topological polar surface area (TPSA) is 69.3 Å². The van der Waals surface area contributed by atoms with Crippen molar-refractivity contribution in [3.05, 3.63) is 85.2 Å². The molecule has 0 saturated carbocycles. The molecule has 7 heteroatoms. The van der Waals surface area contributed by atoms with Crippen LogP contribution in [0.4, 0.5) is 0 Å². The Balaban J connectivity index is 1.26. The number of thiophene rings is 1. The van der Waals surface area contributed by atoms with Crippen LogP contribution in [0.25, 0.3) is 0 Å². The van der Waals surface area contributed by atoms with Gasteiger partial charge in [0, 0.05) is 31.0 Å². The Kier molecular flexibility index (Phi) is 5.93. The van der Waals surface area contributed by atoms with Gasteiger partial charge in [0.2, 0.25) is 0 Å². The zero-order chi connectivity index (χ0) is 22.1. The van der Waals surface area contributed by atoms with Crippen molar-refractivity contribution in [2.45, 2.75) is 45.2 Å². The van der Waals surface area contributed by atoms with E-state index in [1.807, 2.05) is 31.2 Å². The van der Waals surface area contributed by atoms with Gasteiger partial charge < -0.3 is 9.88 Å². The van der Waals surface area contributed by atoms with Crippen molar-refractivity contribution in [1.82, 2.24) is 19.8 Å². The minimum absolute atomic E-state index is 0.0304. The first-order valence-electron chi connectivity index (χ1n) is 11.3. The third-order valence-corrected chi connectivity index (χ3v) is 7.37. The van der Waals surface area contributed by atoms with Crippen molar-refractivity contribution in [3.8, 4) is 0 Å². The van der Waals surface area contributed by atoms with Gasteiger partial charge in [0.25, 0.3) is 11.5 Å². The normalized spacial score (nSPS) is 17.3. The second-order valence-corrected chi connectivity index (χ2v) is 9.68. The molecule has 1 saturated heterocycles. The van der Waals surface area contributed by atoms with E-state index in [9.17, 15) is 9.59 Å². The van der Waals surface area contributed by atoms with Crippen molar-refractivity contribution in [2.75, 3.05) is 19.6 Å². The first-order chi connectivity index (χ1) is 15.6. The molecule has 0 radical (unpaired) electrons. The molecule has 0 aliphatic carbocycles. The lowest BCUT2D eigenvalue weighted by molar-refractivity contribution is 0.0732. The average molecular weight is 449 g/mol. The molecule has 5 rings (SSSR count). The van der Waals surface area contributed by atoms with E-state index in [4.69, 9.17) is 4.98 Å². The SMILES string of the molecule is Cc1ccc(C(=O)N2CCc3nc(C4CCN(Cc5ccsc5)CC4)[nH]c(=O)c3C2)cc1. The zero-order valence-corrected chi connectivity index (χ0v) is 19.2. The highest BCUT2D eigenvalue weighted by Gasteiger charge is 2.28. The highest BCUT2D eigenvalue weighted by molar-refractivity contribution is 7.07. The Morgan fingerprint density at radius 2 is 1.94 bits per heavy atom. The van der Waals surface area contributed by atoms with Gasteiger partial charge in [-0.15, -0.1) is 0 Å². The first kappa shape index (κ1) is 21.1. The molecule has 0 unspecified atom stereocenters. The molecule has 1 fully saturated rings. The average Bonchev–Trinajstić information content (AvgIpc) is 3.32. The number of hydrogen-bond donors (Lipinski definition) is 1. The summed E-state index contributed by atoms with van der Waals surface area (Å²) in [6, 6.07) is 9.77. The monoisotopic (exact) mass is 448 g/mol. The van der Waals surface area contributed by atoms with Crippen molar-refractivity contribution in [3.63, 3.8) is 0 Å². The van der Waals surface area contributed by atoms with Crippen molar-refractivity contribution >= 4 is 17.2 Å². The van der Waals surface area contributed by atoms with E-state index >= 15 is 0 Å². The van der Waals surface area contributed by atoms with Gasteiger partial charge in [0.1, 0.15) is 5.82 Å². The molecular formula is C25H28N4O2S. The molecule has 1 amide bonds. The Hall–Kier alpha value is -2.77. The van der Waals surface area contributed by atoms with Gasteiger partial charge >= 0.3 is 0 Å². The van der Waals surface area contributed by atoms with Crippen molar-refractivity contribution in [1.29, 1.82) is 0 Å². The minimum Gasteiger partial charge on any atom is -0.334 e. The number of amides is 1. The van der Waals surface area contributed by atoms with E-state index in [2.05, 4.69) is 26.7 Å².